The van der Waals surface area contributed by atoms with Gasteiger partial charge in [0, 0.05) is 19.6 Å². The van der Waals surface area contributed by atoms with E-state index in [1.165, 1.54) is 0 Å². The standard InChI is InChI=1S/C9H20N3/c1-4-7-8-12(6-3)9(10)11-5-2/h1,4-8H2,2-3H3,(H2,10,11). The SMILES string of the molecule is [CH2]CCCN(CC)C(=N)NCC. The van der Waals surface area contributed by atoms with E-state index in [1.807, 2.05) is 11.8 Å². The second-order valence-corrected chi connectivity index (χ2v) is 2.67. The molecule has 0 rings (SSSR count). The van der Waals surface area contributed by atoms with E-state index in [-0.39, 0.29) is 0 Å². The minimum absolute atomic E-state index is 0.536. The van der Waals surface area contributed by atoms with Crippen molar-refractivity contribution in [3.05, 3.63) is 6.92 Å². The van der Waals surface area contributed by atoms with Gasteiger partial charge in [0.15, 0.2) is 5.96 Å². The smallest absolute Gasteiger partial charge is 0.191 e. The van der Waals surface area contributed by atoms with E-state index in [1.54, 1.807) is 0 Å². The fourth-order valence-electron chi connectivity index (χ4n) is 1.01. The first-order valence-electron chi connectivity index (χ1n) is 4.62. The molecule has 0 aromatic heterocycles. The van der Waals surface area contributed by atoms with Gasteiger partial charge in [-0.15, -0.1) is 0 Å². The molecule has 0 aromatic carbocycles. The summed E-state index contributed by atoms with van der Waals surface area (Å²) in [6.07, 6.45) is 2.00. The van der Waals surface area contributed by atoms with Crippen LogP contribution >= 0.6 is 0 Å². The van der Waals surface area contributed by atoms with Crippen molar-refractivity contribution in [3.8, 4) is 0 Å². The van der Waals surface area contributed by atoms with Crippen LogP contribution in [0.3, 0.4) is 0 Å². The van der Waals surface area contributed by atoms with E-state index in [0.717, 1.165) is 32.5 Å². The molecule has 0 fully saturated rings. The Bertz CT molecular complexity index is 123. The molecule has 0 saturated heterocycles. The third-order valence-electron chi connectivity index (χ3n) is 1.72. The van der Waals surface area contributed by atoms with Gasteiger partial charge in [0.25, 0.3) is 0 Å². The first-order valence-corrected chi connectivity index (χ1v) is 4.62. The maximum Gasteiger partial charge on any atom is 0.191 e. The van der Waals surface area contributed by atoms with Gasteiger partial charge >= 0.3 is 0 Å². The molecule has 0 aromatic rings. The van der Waals surface area contributed by atoms with Crippen LogP contribution in [0.15, 0.2) is 0 Å². The predicted molar refractivity (Wildman–Crippen MR) is 53.2 cm³/mol. The Hall–Kier alpha value is -0.730. The summed E-state index contributed by atoms with van der Waals surface area (Å²) in [4.78, 5) is 2.02. The van der Waals surface area contributed by atoms with Crippen LogP contribution in [0.4, 0.5) is 0 Å². The Labute approximate surface area is 75.7 Å². The number of hydrogen-bond acceptors (Lipinski definition) is 1. The molecule has 12 heavy (non-hydrogen) atoms. The van der Waals surface area contributed by atoms with E-state index < -0.39 is 0 Å². The van der Waals surface area contributed by atoms with E-state index in [2.05, 4.69) is 19.2 Å². The molecule has 1 radical (unpaired) electrons. The van der Waals surface area contributed by atoms with E-state index in [0.29, 0.717) is 5.96 Å². The van der Waals surface area contributed by atoms with Crippen molar-refractivity contribution in [1.29, 1.82) is 5.41 Å². The molecule has 0 bridgehead atoms. The Morgan fingerprint density at radius 1 is 1.50 bits per heavy atom. The topological polar surface area (TPSA) is 39.1 Å². The summed E-state index contributed by atoms with van der Waals surface area (Å²) in [6, 6.07) is 0. The zero-order valence-corrected chi connectivity index (χ0v) is 8.19. The third kappa shape index (κ3) is 4.21. The molecule has 0 aliphatic heterocycles. The molecule has 0 unspecified atom stereocenters. The minimum atomic E-state index is 0.536. The van der Waals surface area contributed by atoms with Crippen molar-refractivity contribution in [3.63, 3.8) is 0 Å². The summed E-state index contributed by atoms with van der Waals surface area (Å²) >= 11 is 0. The summed E-state index contributed by atoms with van der Waals surface area (Å²) in [5.41, 5.74) is 0. The van der Waals surface area contributed by atoms with Crippen LogP contribution in [0.25, 0.3) is 0 Å². The lowest BCUT2D eigenvalue weighted by Crippen LogP contribution is -2.40. The van der Waals surface area contributed by atoms with Crippen molar-refractivity contribution in [2.24, 2.45) is 0 Å². The van der Waals surface area contributed by atoms with Crippen LogP contribution in [0, 0.1) is 12.3 Å². The summed E-state index contributed by atoms with van der Waals surface area (Å²) < 4.78 is 0. The summed E-state index contributed by atoms with van der Waals surface area (Å²) in [6.45, 7) is 10.5. The first kappa shape index (κ1) is 11.3. The van der Waals surface area contributed by atoms with Crippen LogP contribution in [0.2, 0.25) is 0 Å². The molecule has 0 amide bonds. The zero-order valence-electron chi connectivity index (χ0n) is 8.19. The van der Waals surface area contributed by atoms with Crippen molar-refractivity contribution in [1.82, 2.24) is 10.2 Å². The molecule has 0 saturated carbocycles. The molecule has 3 nitrogen and oxygen atoms in total. The lowest BCUT2D eigenvalue weighted by molar-refractivity contribution is 0.414. The Kier molecular flexibility index (Phi) is 6.53. The highest BCUT2D eigenvalue weighted by atomic mass is 15.3. The van der Waals surface area contributed by atoms with Gasteiger partial charge in [-0.2, -0.15) is 0 Å². The average molecular weight is 170 g/mol. The predicted octanol–water partition coefficient (Wildman–Crippen LogP) is 1.47. The second kappa shape index (κ2) is 6.95. The minimum Gasteiger partial charge on any atom is -0.357 e. The lowest BCUT2D eigenvalue weighted by Gasteiger charge is -2.23. The lowest BCUT2D eigenvalue weighted by atomic mass is 10.3. The molecule has 71 valence electrons. The van der Waals surface area contributed by atoms with Crippen LogP contribution in [-0.2, 0) is 0 Å². The quantitative estimate of drug-likeness (QED) is 0.484. The van der Waals surface area contributed by atoms with Gasteiger partial charge in [-0.25, -0.2) is 0 Å². The molecule has 2 N–H and O–H groups in total. The number of nitrogens with one attached hydrogen (secondary N) is 2. The maximum atomic E-state index is 7.62. The first-order chi connectivity index (χ1) is 5.76. The van der Waals surface area contributed by atoms with Gasteiger partial charge in [0.1, 0.15) is 0 Å². The van der Waals surface area contributed by atoms with Gasteiger partial charge in [-0.3, -0.25) is 5.41 Å². The van der Waals surface area contributed by atoms with E-state index >= 15 is 0 Å². The van der Waals surface area contributed by atoms with Crippen LogP contribution in [0.1, 0.15) is 26.7 Å². The van der Waals surface area contributed by atoms with E-state index in [9.17, 15) is 0 Å². The molecule has 0 atom stereocenters. The molecular weight excluding hydrogens is 150 g/mol. The zero-order chi connectivity index (χ0) is 9.40. The van der Waals surface area contributed by atoms with Crippen LogP contribution in [-0.4, -0.2) is 30.5 Å². The van der Waals surface area contributed by atoms with Crippen molar-refractivity contribution in [2.45, 2.75) is 26.7 Å². The number of nitrogens with zero attached hydrogens (tertiary/aromatic N) is 1. The number of rotatable bonds is 5. The van der Waals surface area contributed by atoms with E-state index in [4.69, 9.17) is 5.41 Å². The van der Waals surface area contributed by atoms with Crippen molar-refractivity contribution < 1.29 is 0 Å². The number of unbranched alkanes of at least 4 members (excludes halogenated alkanes) is 1. The molecule has 3 heteroatoms. The Morgan fingerprint density at radius 2 is 2.17 bits per heavy atom. The second-order valence-electron chi connectivity index (χ2n) is 2.67. The highest BCUT2D eigenvalue weighted by Gasteiger charge is 2.04. The van der Waals surface area contributed by atoms with Crippen molar-refractivity contribution in [2.75, 3.05) is 19.6 Å². The molecule has 0 aliphatic rings. The molecule has 0 heterocycles. The van der Waals surface area contributed by atoms with Crippen molar-refractivity contribution >= 4 is 5.96 Å². The van der Waals surface area contributed by atoms with Gasteiger partial charge in [0.2, 0.25) is 0 Å². The monoisotopic (exact) mass is 170 g/mol. The largest absolute Gasteiger partial charge is 0.357 e. The molecule has 0 spiro atoms. The highest BCUT2D eigenvalue weighted by Crippen LogP contribution is 1.93. The maximum absolute atomic E-state index is 7.62. The van der Waals surface area contributed by atoms with Gasteiger partial charge in [0.05, 0.1) is 0 Å². The molecular formula is C9H20N3. The van der Waals surface area contributed by atoms with Crippen LogP contribution in [0.5, 0.6) is 0 Å². The normalized spacial score (nSPS) is 9.58. The third-order valence-corrected chi connectivity index (χ3v) is 1.72. The summed E-state index contributed by atoms with van der Waals surface area (Å²) in [5, 5.41) is 10.6. The fourth-order valence-corrected chi connectivity index (χ4v) is 1.01. The summed E-state index contributed by atoms with van der Waals surface area (Å²) in [7, 11) is 0. The average Bonchev–Trinajstić information content (AvgIpc) is 2.06. The number of guanidine groups is 1. The fraction of sp³-hybridized carbons (Fsp3) is 0.778. The Balaban J connectivity index is 3.71. The highest BCUT2D eigenvalue weighted by molar-refractivity contribution is 5.76. The molecule has 0 aliphatic carbocycles. The Morgan fingerprint density at radius 3 is 2.58 bits per heavy atom. The van der Waals surface area contributed by atoms with Crippen LogP contribution < -0.4 is 5.32 Å². The van der Waals surface area contributed by atoms with Gasteiger partial charge in [-0.05, 0) is 20.3 Å². The summed E-state index contributed by atoms with van der Waals surface area (Å²) in [5.74, 6) is 0.536. The number of hydrogen-bond donors (Lipinski definition) is 2. The van der Waals surface area contributed by atoms with Gasteiger partial charge in [-0.1, -0.05) is 13.3 Å². The van der Waals surface area contributed by atoms with Gasteiger partial charge < -0.3 is 10.2 Å².